The van der Waals surface area contributed by atoms with E-state index in [1.807, 2.05) is 36.3 Å². The minimum atomic E-state index is 0.766. The van der Waals surface area contributed by atoms with Gasteiger partial charge in [-0.2, -0.15) is 5.10 Å². The Morgan fingerprint density at radius 2 is 2.24 bits per heavy atom. The van der Waals surface area contributed by atoms with Crippen molar-refractivity contribution in [2.75, 3.05) is 11.9 Å². The van der Waals surface area contributed by atoms with Gasteiger partial charge in [0.25, 0.3) is 0 Å². The average molecular weight is 250 g/mol. The van der Waals surface area contributed by atoms with Gasteiger partial charge >= 0.3 is 0 Å². The quantitative estimate of drug-likeness (QED) is 0.903. The Morgan fingerprint density at radius 1 is 1.41 bits per heavy atom. The van der Waals surface area contributed by atoms with Gasteiger partial charge in [0.15, 0.2) is 0 Å². The molecule has 0 bridgehead atoms. The third-order valence-corrected chi connectivity index (χ3v) is 2.94. The molecule has 0 fully saturated rings. The van der Waals surface area contributed by atoms with Crippen LogP contribution in [0.1, 0.15) is 11.1 Å². The highest BCUT2D eigenvalue weighted by molar-refractivity contribution is 6.33. The number of aromatic nitrogens is 2. The second-order valence-electron chi connectivity index (χ2n) is 4.18. The second kappa shape index (κ2) is 5.23. The number of rotatable bonds is 4. The largest absolute Gasteiger partial charge is 0.383 e. The number of hydrogen-bond donors (Lipinski definition) is 1. The van der Waals surface area contributed by atoms with Crippen LogP contribution >= 0.6 is 11.6 Å². The Hall–Kier alpha value is -1.48. The molecule has 0 unspecified atom stereocenters. The molecule has 0 saturated heterocycles. The lowest BCUT2D eigenvalue weighted by Crippen LogP contribution is -2.05. The first-order valence-electron chi connectivity index (χ1n) is 5.63. The SMILES string of the molecule is Cc1ccc(Cl)c(NCCc2cnn(C)c2)c1. The van der Waals surface area contributed by atoms with Crippen LogP contribution in [0.25, 0.3) is 0 Å². The lowest BCUT2D eigenvalue weighted by molar-refractivity contribution is 0.767. The first-order valence-corrected chi connectivity index (χ1v) is 6.00. The summed E-state index contributed by atoms with van der Waals surface area (Å²) in [6.07, 6.45) is 4.86. The fraction of sp³-hybridized carbons (Fsp3) is 0.308. The van der Waals surface area contributed by atoms with Gasteiger partial charge in [0.1, 0.15) is 0 Å². The maximum atomic E-state index is 6.10. The molecule has 0 aliphatic heterocycles. The standard InChI is InChI=1S/C13H16ClN3/c1-10-3-4-12(14)13(7-10)15-6-5-11-8-16-17(2)9-11/h3-4,7-9,15H,5-6H2,1-2H3. The van der Waals surface area contributed by atoms with Crippen LogP contribution < -0.4 is 5.32 Å². The summed E-state index contributed by atoms with van der Waals surface area (Å²) in [4.78, 5) is 0. The van der Waals surface area contributed by atoms with Crippen molar-refractivity contribution in [1.82, 2.24) is 9.78 Å². The molecule has 0 radical (unpaired) electrons. The highest BCUT2D eigenvalue weighted by Crippen LogP contribution is 2.22. The summed E-state index contributed by atoms with van der Waals surface area (Å²) in [5, 5.41) is 8.24. The first kappa shape index (κ1) is 12.0. The summed E-state index contributed by atoms with van der Waals surface area (Å²) in [7, 11) is 1.92. The van der Waals surface area contributed by atoms with E-state index < -0.39 is 0 Å². The molecule has 1 aromatic heterocycles. The minimum absolute atomic E-state index is 0.766. The molecule has 3 nitrogen and oxygen atoms in total. The average Bonchev–Trinajstić information content (AvgIpc) is 2.69. The molecule has 4 heteroatoms. The van der Waals surface area contributed by atoms with Crippen LogP contribution in [0.2, 0.25) is 5.02 Å². The highest BCUT2D eigenvalue weighted by atomic mass is 35.5. The third-order valence-electron chi connectivity index (χ3n) is 2.61. The molecule has 90 valence electrons. The van der Waals surface area contributed by atoms with E-state index in [0.29, 0.717) is 0 Å². The predicted octanol–water partition coefficient (Wildman–Crippen LogP) is 3.04. The van der Waals surface area contributed by atoms with E-state index in [1.165, 1.54) is 11.1 Å². The lowest BCUT2D eigenvalue weighted by Gasteiger charge is -2.08. The molecule has 2 rings (SSSR count). The van der Waals surface area contributed by atoms with E-state index in [2.05, 4.69) is 23.4 Å². The fourth-order valence-electron chi connectivity index (χ4n) is 1.72. The number of benzene rings is 1. The summed E-state index contributed by atoms with van der Waals surface area (Å²) in [6, 6.07) is 5.99. The second-order valence-corrected chi connectivity index (χ2v) is 4.59. The van der Waals surface area contributed by atoms with E-state index in [1.54, 1.807) is 0 Å². The Morgan fingerprint density at radius 3 is 2.94 bits per heavy atom. The van der Waals surface area contributed by atoms with Gasteiger partial charge in [-0.1, -0.05) is 17.7 Å². The third kappa shape index (κ3) is 3.24. The molecule has 0 aliphatic rings. The Balaban J connectivity index is 1.91. The smallest absolute Gasteiger partial charge is 0.0637 e. The summed E-state index contributed by atoms with van der Waals surface area (Å²) in [5.41, 5.74) is 3.43. The Labute approximate surface area is 106 Å². The summed E-state index contributed by atoms with van der Waals surface area (Å²) >= 11 is 6.10. The van der Waals surface area contributed by atoms with Crippen LogP contribution in [-0.2, 0) is 13.5 Å². The van der Waals surface area contributed by atoms with Gasteiger partial charge in [0.2, 0.25) is 0 Å². The zero-order valence-electron chi connectivity index (χ0n) is 10.1. The van der Waals surface area contributed by atoms with Crippen molar-refractivity contribution >= 4 is 17.3 Å². The van der Waals surface area contributed by atoms with Crippen molar-refractivity contribution in [3.63, 3.8) is 0 Å². The van der Waals surface area contributed by atoms with Crippen molar-refractivity contribution in [3.8, 4) is 0 Å². The van der Waals surface area contributed by atoms with Crippen molar-refractivity contribution in [2.24, 2.45) is 7.05 Å². The number of nitrogens with one attached hydrogen (secondary N) is 1. The van der Waals surface area contributed by atoms with Crippen LogP contribution in [0.15, 0.2) is 30.6 Å². The highest BCUT2D eigenvalue weighted by Gasteiger charge is 2.00. The molecule has 1 aromatic carbocycles. The van der Waals surface area contributed by atoms with Gasteiger partial charge in [0.05, 0.1) is 16.9 Å². The van der Waals surface area contributed by atoms with Crippen LogP contribution in [0, 0.1) is 6.92 Å². The number of hydrogen-bond acceptors (Lipinski definition) is 2. The predicted molar refractivity (Wildman–Crippen MR) is 71.6 cm³/mol. The molecule has 1 heterocycles. The lowest BCUT2D eigenvalue weighted by atomic mass is 10.2. The summed E-state index contributed by atoms with van der Waals surface area (Å²) in [6.45, 7) is 2.91. The van der Waals surface area contributed by atoms with Gasteiger partial charge in [-0.15, -0.1) is 0 Å². The molecule has 2 aromatic rings. The fourth-order valence-corrected chi connectivity index (χ4v) is 1.90. The van der Waals surface area contributed by atoms with E-state index in [-0.39, 0.29) is 0 Å². The number of nitrogens with zero attached hydrogens (tertiary/aromatic N) is 2. The van der Waals surface area contributed by atoms with Crippen LogP contribution in [0.4, 0.5) is 5.69 Å². The molecule has 0 spiro atoms. The molecular weight excluding hydrogens is 234 g/mol. The van der Waals surface area contributed by atoms with Gasteiger partial charge in [0, 0.05) is 19.8 Å². The Kier molecular flexibility index (Phi) is 3.69. The summed E-state index contributed by atoms with van der Waals surface area (Å²) < 4.78 is 1.81. The van der Waals surface area contributed by atoms with Crippen molar-refractivity contribution in [1.29, 1.82) is 0 Å². The molecule has 17 heavy (non-hydrogen) atoms. The number of halogens is 1. The van der Waals surface area contributed by atoms with Crippen molar-refractivity contribution in [2.45, 2.75) is 13.3 Å². The van der Waals surface area contributed by atoms with Crippen LogP contribution in [-0.4, -0.2) is 16.3 Å². The van der Waals surface area contributed by atoms with E-state index in [0.717, 1.165) is 23.7 Å². The maximum Gasteiger partial charge on any atom is 0.0637 e. The normalized spacial score (nSPS) is 10.5. The van der Waals surface area contributed by atoms with E-state index in [9.17, 15) is 0 Å². The van der Waals surface area contributed by atoms with Gasteiger partial charge in [-0.3, -0.25) is 4.68 Å². The van der Waals surface area contributed by atoms with Crippen molar-refractivity contribution in [3.05, 3.63) is 46.7 Å². The molecule has 1 N–H and O–H groups in total. The van der Waals surface area contributed by atoms with Crippen molar-refractivity contribution < 1.29 is 0 Å². The molecular formula is C13H16ClN3. The molecule has 0 saturated carbocycles. The monoisotopic (exact) mass is 249 g/mol. The molecule has 0 amide bonds. The molecule has 0 atom stereocenters. The van der Waals surface area contributed by atoms with Gasteiger partial charge < -0.3 is 5.32 Å². The van der Waals surface area contributed by atoms with Gasteiger partial charge in [-0.25, -0.2) is 0 Å². The Bertz CT molecular complexity index is 505. The number of aryl methyl sites for hydroxylation is 2. The number of anilines is 1. The van der Waals surface area contributed by atoms with E-state index >= 15 is 0 Å². The summed E-state index contributed by atoms with van der Waals surface area (Å²) in [5.74, 6) is 0. The molecule has 0 aliphatic carbocycles. The van der Waals surface area contributed by atoms with E-state index in [4.69, 9.17) is 11.6 Å². The van der Waals surface area contributed by atoms with Gasteiger partial charge in [-0.05, 0) is 36.6 Å². The zero-order chi connectivity index (χ0) is 12.3. The van der Waals surface area contributed by atoms with Crippen LogP contribution in [0.3, 0.4) is 0 Å². The minimum Gasteiger partial charge on any atom is -0.383 e. The first-order chi connectivity index (χ1) is 8.15. The maximum absolute atomic E-state index is 6.10. The van der Waals surface area contributed by atoms with Crippen LogP contribution in [0.5, 0.6) is 0 Å². The topological polar surface area (TPSA) is 29.9 Å². The zero-order valence-corrected chi connectivity index (χ0v) is 10.8.